The van der Waals surface area contributed by atoms with E-state index >= 15 is 0 Å². The van der Waals surface area contributed by atoms with Crippen LogP contribution in [0, 0.1) is 0 Å². The molecule has 4 aromatic rings. The van der Waals surface area contributed by atoms with Crippen LogP contribution in [0.25, 0.3) is 16.8 Å². The van der Waals surface area contributed by atoms with Crippen molar-refractivity contribution >= 4 is 23.8 Å². The van der Waals surface area contributed by atoms with Crippen molar-refractivity contribution in [1.82, 2.24) is 13.9 Å². The summed E-state index contributed by atoms with van der Waals surface area (Å²) in [6.45, 7) is 2.84. The molecule has 0 spiro atoms. The van der Waals surface area contributed by atoms with Gasteiger partial charge < -0.3 is 26.0 Å². The van der Waals surface area contributed by atoms with Gasteiger partial charge in [0, 0.05) is 36.1 Å². The third-order valence-corrected chi connectivity index (χ3v) is 7.02. The van der Waals surface area contributed by atoms with Crippen LogP contribution in [-0.4, -0.2) is 37.4 Å². The molecule has 2 atom stereocenters. The van der Waals surface area contributed by atoms with Crippen LogP contribution in [0.1, 0.15) is 41.1 Å². The van der Waals surface area contributed by atoms with Crippen molar-refractivity contribution in [3.05, 3.63) is 88.0 Å². The fourth-order valence-electron chi connectivity index (χ4n) is 5.40. The minimum Gasteiger partial charge on any atom is -0.392 e. The molecular weight excluding hydrogens is 482 g/mol. The average molecular weight is 512 g/mol. The zero-order valence-electron chi connectivity index (χ0n) is 21.0. The molecule has 0 bridgehead atoms. The first-order chi connectivity index (χ1) is 18.4. The molecule has 0 saturated carbocycles. The number of hydrogen-bond donors (Lipinski definition) is 4. The second-order valence-electron chi connectivity index (χ2n) is 9.71. The average Bonchev–Trinajstić information content (AvgIpc) is 3.58. The van der Waals surface area contributed by atoms with Crippen LogP contribution in [0.15, 0.2) is 70.6 Å². The molecule has 0 aliphatic carbocycles. The molecule has 38 heavy (non-hydrogen) atoms. The first-order valence-corrected chi connectivity index (χ1v) is 12.7. The highest BCUT2D eigenvalue weighted by Gasteiger charge is 2.29. The molecule has 0 fully saturated rings. The number of fused-ring (bicyclic) bond motifs is 2. The van der Waals surface area contributed by atoms with Crippen LogP contribution in [0.3, 0.4) is 0 Å². The van der Waals surface area contributed by atoms with Crippen molar-refractivity contribution in [3.8, 4) is 16.8 Å². The second kappa shape index (κ2) is 9.47. The number of aliphatic imine (C=N–C) groups is 1. The number of amides is 1. The lowest BCUT2D eigenvalue weighted by molar-refractivity contribution is 0.102. The van der Waals surface area contributed by atoms with Crippen molar-refractivity contribution in [2.24, 2.45) is 10.7 Å². The number of anilines is 2. The van der Waals surface area contributed by atoms with Gasteiger partial charge in [-0.15, -0.1) is 0 Å². The molecule has 10 nitrogen and oxygen atoms in total. The molecule has 2 aliphatic heterocycles. The number of nitrogens with zero attached hydrogens (tertiary/aromatic N) is 4. The molecule has 6 rings (SSSR count). The molecular formula is C28H29N7O3. The fourth-order valence-corrected chi connectivity index (χ4v) is 5.40. The summed E-state index contributed by atoms with van der Waals surface area (Å²) in [5.41, 5.74) is 10.9. The first-order valence-electron chi connectivity index (χ1n) is 12.7. The Labute approximate surface area is 219 Å². The van der Waals surface area contributed by atoms with Crippen molar-refractivity contribution in [3.63, 3.8) is 0 Å². The molecule has 2 aliphatic rings. The zero-order valence-corrected chi connectivity index (χ0v) is 21.0. The number of nitrogens with one attached hydrogen (secondary N) is 2. The van der Waals surface area contributed by atoms with E-state index in [-0.39, 0.29) is 11.1 Å². The lowest BCUT2D eigenvalue weighted by atomic mass is 10.0. The highest BCUT2D eigenvalue weighted by molar-refractivity contribution is 6.05. The minimum atomic E-state index is -0.531. The van der Waals surface area contributed by atoms with E-state index in [9.17, 15) is 14.7 Å². The topological polar surface area (TPSA) is 132 Å². The van der Waals surface area contributed by atoms with E-state index in [1.54, 1.807) is 17.9 Å². The first kappa shape index (κ1) is 24.0. The normalized spacial score (nSPS) is 16.6. The van der Waals surface area contributed by atoms with Gasteiger partial charge in [0.25, 0.3) is 11.5 Å². The number of rotatable bonds is 6. The van der Waals surface area contributed by atoms with Gasteiger partial charge in [-0.3, -0.25) is 19.3 Å². The molecule has 4 heterocycles. The summed E-state index contributed by atoms with van der Waals surface area (Å²) in [6.07, 6.45) is 4.02. The van der Waals surface area contributed by atoms with E-state index in [0.29, 0.717) is 25.2 Å². The number of benzene rings is 2. The summed E-state index contributed by atoms with van der Waals surface area (Å²) in [5, 5.41) is 16.0. The summed E-state index contributed by atoms with van der Waals surface area (Å²) in [5.74, 6) is 0.391. The Morgan fingerprint density at radius 2 is 1.97 bits per heavy atom. The summed E-state index contributed by atoms with van der Waals surface area (Å²) in [4.78, 5) is 31.0. The minimum absolute atomic E-state index is 0.189. The van der Waals surface area contributed by atoms with Crippen molar-refractivity contribution < 1.29 is 9.90 Å². The predicted molar refractivity (Wildman–Crippen MR) is 147 cm³/mol. The number of carbonyl (C=O) groups excluding carboxylic acids is 1. The quantitative estimate of drug-likeness (QED) is 0.316. The molecule has 2 aromatic heterocycles. The monoisotopic (exact) mass is 511 g/mol. The molecule has 0 saturated heterocycles. The van der Waals surface area contributed by atoms with E-state index in [0.717, 1.165) is 40.3 Å². The Morgan fingerprint density at radius 1 is 1.21 bits per heavy atom. The number of hydrogen-bond acceptors (Lipinski definition) is 6. The van der Waals surface area contributed by atoms with Crippen molar-refractivity contribution in [2.75, 3.05) is 10.6 Å². The van der Waals surface area contributed by atoms with E-state index in [1.165, 1.54) is 0 Å². The highest BCUT2D eigenvalue weighted by Crippen LogP contribution is 2.38. The van der Waals surface area contributed by atoms with Gasteiger partial charge in [0.2, 0.25) is 0 Å². The van der Waals surface area contributed by atoms with Gasteiger partial charge in [-0.1, -0.05) is 30.3 Å². The third kappa shape index (κ3) is 4.04. The Bertz CT molecular complexity index is 1590. The van der Waals surface area contributed by atoms with Crippen LogP contribution >= 0.6 is 0 Å². The smallest absolute Gasteiger partial charge is 0.284 e. The lowest BCUT2D eigenvalue weighted by Gasteiger charge is -2.18. The Morgan fingerprint density at radius 3 is 2.71 bits per heavy atom. The summed E-state index contributed by atoms with van der Waals surface area (Å²) >= 11 is 0. The van der Waals surface area contributed by atoms with Gasteiger partial charge in [0.1, 0.15) is 17.5 Å². The molecule has 194 valence electrons. The van der Waals surface area contributed by atoms with E-state index < -0.39 is 18.2 Å². The highest BCUT2D eigenvalue weighted by atomic mass is 16.3. The molecule has 0 radical (unpaired) electrons. The number of nitrogens with two attached hydrogens (primary N) is 1. The number of aromatic nitrogens is 3. The number of aliphatic hydroxyl groups excluding tert-OH is 1. The fraction of sp³-hybridized carbons (Fsp3) is 0.250. The second-order valence-corrected chi connectivity index (χ2v) is 9.71. The van der Waals surface area contributed by atoms with Gasteiger partial charge >= 0.3 is 0 Å². The van der Waals surface area contributed by atoms with Gasteiger partial charge in [-0.2, -0.15) is 0 Å². The maximum absolute atomic E-state index is 13.4. The largest absolute Gasteiger partial charge is 0.392 e. The SMILES string of the molecule is CC(O)Cn1cc(-c2ccc(NC(=O)c3c4n(n(-c5ccccc5)c3=O)CCC4)cc2)c2c1NC=NC2N. The zero-order chi connectivity index (χ0) is 26.4. The van der Waals surface area contributed by atoms with E-state index in [1.807, 2.05) is 70.0 Å². The third-order valence-electron chi connectivity index (χ3n) is 7.02. The maximum atomic E-state index is 13.4. The lowest BCUT2D eigenvalue weighted by Crippen LogP contribution is -2.26. The van der Waals surface area contributed by atoms with Crippen LogP contribution in [0.2, 0.25) is 0 Å². The Balaban J connectivity index is 1.29. The predicted octanol–water partition coefficient (Wildman–Crippen LogP) is 3.10. The number of aliphatic hydroxyl groups is 1. The van der Waals surface area contributed by atoms with Gasteiger partial charge in [-0.05, 0) is 49.6 Å². The van der Waals surface area contributed by atoms with Crippen LogP contribution < -0.4 is 21.9 Å². The Hall–Kier alpha value is -4.41. The van der Waals surface area contributed by atoms with Crippen LogP contribution in [-0.2, 0) is 19.5 Å². The maximum Gasteiger partial charge on any atom is 0.284 e. The molecule has 1 amide bonds. The van der Waals surface area contributed by atoms with E-state index in [2.05, 4.69) is 15.6 Å². The summed E-state index contributed by atoms with van der Waals surface area (Å²) < 4.78 is 5.44. The standard InChI is InChI=1S/C28H29N7O3/c1-17(36)14-33-15-21(23-25(29)30-16-31-26(23)33)18-9-11-19(12-10-18)32-27(37)24-22-8-5-13-34(22)35(28(24)38)20-6-3-2-4-7-20/h2-4,6-7,9-12,15-17,25,36H,5,8,13-14,29H2,1H3,(H,30,31)(H,32,37). The van der Waals surface area contributed by atoms with Gasteiger partial charge in [-0.25, -0.2) is 4.68 Å². The molecule has 2 unspecified atom stereocenters. The van der Waals surface area contributed by atoms with Crippen molar-refractivity contribution in [2.45, 2.75) is 45.1 Å². The van der Waals surface area contributed by atoms with Crippen LogP contribution in [0.5, 0.6) is 0 Å². The molecule has 5 N–H and O–H groups in total. The Kier molecular flexibility index (Phi) is 5.97. The van der Waals surface area contributed by atoms with Gasteiger partial charge in [0.15, 0.2) is 0 Å². The van der Waals surface area contributed by atoms with Gasteiger partial charge in [0.05, 0.1) is 23.8 Å². The van der Waals surface area contributed by atoms with Crippen molar-refractivity contribution in [1.29, 1.82) is 0 Å². The molecule has 10 heteroatoms. The number of carbonyl (C=O) groups is 1. The molecule has 2 aromatic carbocycles. The summed E-state index contributed by atoms with van der Waals surface area (Å²) in [6, 6.07) is 16.8. The van der Waals surface area contributed by atoms with E-state index in [4.69, 9.17) is 5.73 Å². The van der Waals surface area contributed by atoms with Crippen LogP contribution in [0.4, 0.5) is 11.5 Å². The summed E-state index contributed by atoms with van der Waals surface area (Å²) in [7, 11) is 0. The number of para-hydroxylation sites is 1.